The zero-order chi connectivity index (χ0) is 12.1. The smallest absolute Gasteiger partial charge is 0.0549 e. The van der Waals surface area contributed by atoms with Gasteiger partial charge >= 0.3 is 0 Å². The van der Waals surface area contributed by atoms with Gasteiger partial charge in [-0.15, -0.1) is 0 Å². The van der Waals surface area contributed by atoms with Gasteiger partial charge in [0, 0.05) is 16.7 Å². The van der Waals surface area contributed by atoms with E-state index in [2.05, 4.69) is 21.2 Å². The van der Waals surface area contributed by atoms with E-state index in [1.54, 1.807) is 0 Å². The van der Waals surface area contributed by atoms with Crippen molar-refractivity contribution < 1.29 is 0 Å². The number of rotatable bonds is 4. The van der Waals surface area contributed by atoms with Crippen LogP contribution < -0.4 is 5.32 Å². The van der Waals surface area contributed by atoms with E-state index in [1.165, 1.54) is 38.5 Å². The molecule has 1 aromatic carbocycles. The maximum atomic E-state index is 5.96. The Morgan fingerprint density at radius 1 is 1.24 bits per heavy atom. The van der Waals surface area contributed by atoms with Gasteiger partial charge in [-0.3, -0.25) is 0 Å². The normalized spacial score (nSPS) is 17.1. The first-order valence-corrected chi connectivity index (χ1v) is 7.62. The second kappa shape index (κ2) is 6.65. The van der Waals surface area contributed by atoms with Gasteiger partial charge in [-0.25, -0.2) is 0 Å². The third-order valence-corrected chi connectivity index (χ3v) is 4.74. The highest BCUT2D eigenvalue weighted by Gasteiger charge is 2.12. The summed E-state index contributed by atoms with van der Waals surface area (Å²) >= 11 is 9.40. The maximum absolute atomic E-state index is 5.96. The minimum Gasteiger partial charge on any atom is -0.385 e. The lowest BCUT2D eigenvalue weighted by Crippen LogP contribution is -2.12. The fourth-order valence-electron chi connectivity index (χ4n) is 2.50. The zero-order valence-electron chi connectivity index (χ0n) is 10.0. The predicted molar refractivity (Wildman–Crippen MR) is 78.8 cm³/mol. The van der Waals surface area contributed by atoms with E-state index in [0.29, 0.717) is 0 Å². The lowest BCUT2D eigenvalue weighted by molar-refractivity contribution is 0.345. The number of benzene rings is 1. The molecule has 0 radical (unpaired) electrons. The molecule has 0 atom stereocenters. The standard InChI is InChI=1S/C14H19BrClN/c15-13-10-12(6-7-14(13)16)17-9-8-11-4-2-1-3-5-11/h6-7,10-11,17H,1-5,8-9H2. The summed E-state index contributed by atoms with van der Waals surface area (Å²) in [6, 6.07) is 6.01. The number of halogens is 2. The highest BCUT2D eigenvalue weighted by Crippen LogP contribution is 2.27. The largest absolute Gasteiger partial charge is 0.385 e. The summed E-state index contributed by atoms with van der Waals surface area (Å²) in [6.45, 7) is 1.07. The van der Waals surface area contributed by atoms with Crippen molar-refractivity contribution >= 4 is 33.2 Å². The van der Waals surface area contributed by atoms with E-state index in [9.17, 15) is 0 Å². The van der Waals surface area contributed by atoms with Crippen molar-refractivity contribution in [1.82, 2.24) is 0 Å². The Hall–Kier alpha value is -0.210. The summed E-state index contributed by atoms with van der Waals surface area (Å²) in [7, 11) is 0. The van der Waals surface area contributed by atoms with Crippen LogP contribution in [0.2, 0.25) is 5.02 Å². The molecular formula is C14H19BrClN. The molecule has 1 aliphatic carbocycles. The molecule has 1 nitrogen and oxygen atoms in total. The van der Waals surface area contributed by atoms with Crippen LogP contribution >= 0.6 is 27.5 Å². The molecule has 0 unspecified atom stereocenters. The summed E-state index contributed by atoms with van der Waals surface area (Å²) in [5, 5.41) is 4.24. The molecular weight excluding hydrogens is 298 g/mol. The molecule has 0 heterocycles. The monoisotopic (exact) mass is 315 g/mol. The van der Waals surface area contributed by atoms with Crippen molar-refractivity contribution in [1.29, 1.82) is 0 Å². The van der Waals surface area contributed by atoms with Gasteiger partial charge in [0.1, 0.15) is 0 Å². The van der Waals surface area contributed by atoms with Gasteiger partial charge < -0.3 is 5.32 Å². The Labute approximate surface area is 117 Å². The summed E-state index contributed by atoms with van der Waals surface area (Å²) in [5.41, 5.74) is 1.15. The number of anilines is 1. The quantitative estimate of drug-likeness (QED) is 0.775. The maximum Gasteiger partial charge on any atom is 0.0549 e. The van der Waals surface area contributed by atoms with E-state index >= 15 is 0 Å². The number of nitrogens with one attached hydrogen (secondary N) is 1. The molecule has 0 aromatic heterocycles. The van der Waals surface area contributed by atoms with E-state index in [-0.39, 0.29) is 0 Å². The summed E-state index contributed by atoms with van der Waals surface area (Å²) in [4.78, 5) is 0. The fraction of sp³-hybridized carbons (Fsp3) is 0.571. The van der Waals surface area contributed by atoms with Crippen LogP contribution in [0.3, 0.4) is 0 Å². The fourth-order valence-corrected chi connectivity index (χ4v) is 3.00. The van der Waals surface area contributed by atoms with E-state index in [1.807, 2.05) is 18.2 Å². The molecule has 2 rings (SSSR count). The minimum atomic E-state index is 0.767. The van der Waals surface area contributed by atoms with Crippen molar-refractivity contribution in [3.8, 4) is 0 Å². The van der Waals surface area contributed by atoms with Crippen LogP contribution in [-0.4, -0.2) is 6.54 Å². The van der Waals surface area contributed by atoms with Gasteiger partial charge in [-0.05, 0) is 46.5 Å². The Bertz CT molecular complexity index is 361. The van der Waals surface area contributed by atoms with Crippen LogP contribution in [0.4, 0.5) is 5.69 Å². The van der Waals surface area contributed by atoms with Gasteiger partial charge in [0.15, 0.2) is 0 Å². The van der Waals surface area contributed by atoms with Crippen LogP contribution in [0.25, 0.3) is 0 Å². The predicted octanol–water partition coefficient (Wildman–Crippen LogP) is 5.48. The number of hydrogen-bond acceptors (Lipinski definition) is 1. The topological polar surface area (TPSA) is 12.0 Å². The first-order valence-electron chi connectivity index (χ1n) is 6.44. The van der Waals surface area contributed by atoms with Crippen molar-refractivity contribution in [2.24, 2.45) is 5.92 Å². The van der Waals surface area contributed by atoms with Gasteiger partial charge in [-0.2, -0.15) is 0 Å². The van der Waals surface area contributed by atoms with E-state index in [4.69, 9.17) is 11.6 Å². The minimum absolute atomic E-state index is 0.767. The molecule has 3 heteroatoms. The second-order valence-corrected chi connectivity index (χ2v) is 6.11. The average molecular weight is 317 g/mol. The molecule has 17 heavy (non-hydrogen) atoms. The van der Waals surface area contributed by atoms with Gasteiger partial charge in [0.25, 0.3) is 0 Å². The molecule has 0 saturated heterocycles. The van der Waals surface area contributed by atoms with Crippen molar-refractivity contribution in [3.05, 3.63) is 27.7 Å². The number of hydrogen-bond donors (Lipinski definition) is 1. The Kier molecular flexibility index (Phi) is 5.17. The second-order valence-electron chi connectivity index (χ2n) is 4.85. The highest BCUT2D eigenvalue weighted by molar-refractivity contribution is 9.10. The van der Waals surface area contributed by atoms with Crippen molar-refractivity contribution in [2.75, 3.05) is 11.9 Å². The van der Waals surface area contributed by atoms with E-state index < -0.39 is 0 Å². The third-order valence-electron chi connectivity index (χ3n) is 3.53. The average Bonchev–Trinajstić information content (AvgIpc) is 2.35. The Morgan fingerprint density at radius 3 is 2.71 bits per heavy atom. The van der Waals surface area contributed by atoms with Gasteiger partial charge in [0.05, 0.1) is 5.02 Å². The van der Waals surface area contributed by atoms with Crippen molar-refractivity contribution in [3.63, 3.8) is 0 Å². The van der Waals surface area contributed by atoms with Crippen LogP contribution in [-0.2, 0) is 0 Å². The molecule has 0 amide bonds. The molecule has 1 fully saturated rings. The Morgan fingerprint density at radius 2 is 2.00 bits per heavy atom. The van der Waals surface area contributed by atoms with E-state index in [0.717, 1.165) is 27.6 Å². The van der Waals surface area contributed by atoms with Crippen LogP contribution in [0.5, 0.6) is 0 Å². The molecule has 0 spiro atoms. The molecule has 0 bridgehead atoms. The first kappa shape index (κ1) is 13.2. The lowest BCUT2D eigenvalue weighted by atomic mass is 9.87. The van der Waals surface area contributed by atoms with Crippen LogP contribution in [0.1, 0.15) is 38.5 Å². The van der Waals surface area contributed by atoms with Gasteiger partial charge in [0.2, 0.25) is 0 Å². The molecule has 1 saturated carbocycles. The molecule has 1 aliphatic rings. The van der Waals surface area contributed by atoms with Crippen molar-refractivity contribution in [2.45, 2.75) is 38.5 Å². The van der Waals surface area contributed by atoms with Crippen LogP contribution in [0, 0.1) is 5.92 Å². The molecule has 1 aromatic rings. The lowest BCUT2D eigenvalue weighted by Gasteiger charge is -2.21. The summed E-state index contributed by atoms with van der Waals surface area (Å²) < 4.78 is 0.960. The van der Waals surface area contributed by atoms with Gasteiger partial charge in [-0.1, -0.05) is 43.7 Å². The Balaban J connectivity index is 1.75. The SMILES string of the molecule is Clc1ccc(NCCC2CCCCC2)cc1Br. The summed E-state index contributed by atoms with van der Waals surface area (Å²) in [5.74, 6) is 0.937. The van der Waals surface area contributed by atoms with Crippen LogP contribution in [0.15, 0.2) is 22.7 Å². The molecule has 94 valence electrons. The third kappa shape index (κ3) is 4.18. The highest BCUT2D eigenvalue weighted by atomic mass is 79.9. The first-order chi connectivity index (χ1) is 8.25. The molecule has 0 aliphatic heterocycles. The summed E-state index contributed by atoms with van der Waals surface area (Å²) in [6.07, 6.45) is 8.43. The zero-order valence-corrected chi connectivity index (χ0v) is 12.4. The molecule has 1 N–H and O–H groups in total.